The molecule has 3 nitrogen and oxygen atoms in total. The maximum absolute atomic E-state index is 5.95. The molecule has 1 aromatic carbocycles. The molecular weight excluding hydrogens is 325 g/mol. The van der Waals surface area contributed by atoms with Crippen molar-refractivity contribution in [2.45, 2.75) is 18.3 Å². The second kappa shape index (κ2) is 5.38. The lowest BCUT2D eigenvalue weighted by atomic mass is 10.2. The molecule has 0 aliphatic carbocycles. The third-order valence-electron chi connectivity index (χ3n) is 2.29. The van der Waals surface area contributed by atoms with Crippen molar-refractivity contribution in [1.82, 2.24) is 15.0 Å². The van der Waals surface area contributed by atoms with Gasteiger partial charge in [0.1, 0.15) is 0 Å². The normalized spacial score (nSPS) is 12.7. The lowest BCUT2D eigenvalue weighted by Gasteiger charge is -2.02. The van der Waals surface area contributed by atoms with Gasteiger partial charge in [-0.1, -0.05) is 50.4 Å². The molecule has 0 aliphatic rings. The lowest BCUT2D eigenvalue weighted by Crippen LogP contribution is -2.00. The fourth-order valence-electron chi connectivity index (χ4n) is 1.40. The highest BCUT2D eigenvalue weighted by Gasteiger charge is 2.07. The summed E-state index contributed by atoms with van der Waals surface area (Å²) in [4.78, 5) is 0.199. The minimum Gasteiger partial charge on any atom is -0.248 e. The number of alkyl halides is 1. The summed E-state index contributed by atoms with van der Waals surface area (Å²) in [7, 11) is 0. The highest BCUT2D eigenvalue weighted by molar-refractivity contribution is 9.09. The van der Waals surface area contributed by atoms with E-state index in [-0.39, 0.29) is 4.83 Å². The van der Waals surface area contributed by atoms with Crippen LogP contribution < -0.4 is 0 Å². The molecule has 2 rings (SSSR count). The van der Waals surface area contributed by atoms with Crippen molar-refractivity contribution < 1.29 is 0 Å². The predicted octanol–water partition coefficient (Wildman–Crippen LogP) is 4.09. The van der Waals surface area contributed by atoms with E-state index in [2.05, 4.69) is 26.2 Å². The number of halogens is 3. The highest BCUT2D eigenvalue weighted by atomic mass is 79.9. The van der Waals surface area contributed by atoms with Crippen molar-refractivity contribution in [2.24, 2.45) is 0 Å². The number of benzene rings is 1. The molecule has 0 aliphatic heterocycles. The van der Waals surface area contributed by atoms with Gasteiger partial charge in [0.2, 0.25) is 0 Å². The van der Waals surface area contributed by atoms with Crippen molar-refractivity contribution in [3.05, 3.63) is 45.7 Å². The van der Waals surface area contributed by atoms with Crippen LogP contribution in [-0.4, -0.2) is 15.0 Å². The molecule has 0 fully saturated rings. The minimum absolute atomic E-state index is 0.199. The second-order valence-electron chi connectivity index (χ2n) is 3.71. The predicted molar refractivity (Wildman–Crippen MR) is 72.9 cm³/mol. The Balaban J connectivity index is 2.16. The average molecular weight is 335 g/mol. The minimum atomic E-state index is 0.199. The van der Waals surface area contributed by atoms with Gasteiger partial charge in [-0.2, -0.15) is 0 Å². The monoisotopic (exact) mass is 333 g/mol. The molecule has 0 saturated heterocycles. The maximum Gasteiger partial charge on any atom is 0.0960 e. The quantitative estimate of drug-likeness (QED) is 0.791. The molecule has 0 amide bonds. The van der Waals surface area contributed by atoms with Crippen LogP contribution in [0.5, 0.6) is 0 Å². The van der Waals surface area contributed by atoms with E-state index in [1.165, 1.54) is 0 Å². The van der Waals surface area contributed by atoms with Crippen LogP contribution >= 0.6 is 39.1 Å². The van der Waals surface area contributed by atoms with Crippen LogP contribution in [0.3, 0.4) is 0 Å². The van der Waals surface area contributed by atoms with E-state index in [0.717, 1.165) is 11.3 Å². The number of hydrogen-bond donors (Lipinski definition) is 0. The van der Waals surface area contributed by atoms with Crippen LogP contribution in [0.2, 0.25) is 10.0 Å². The first-order valence-corrected chi connectivity index (χ1v) is 6.71. The van der Waals surface area contributed by atoms with Crippen LogP contribution in [0.1, 0.15) is 23.0 Å². The smallest absolute Gasteiger partial charge is 0.0960 e. The Kier molecular flexibility index (Phi) is 4.07. The van der Waals surface area contributed by atoms with E-state index in [1.807, 2.05) is 25.3 Å². The van der Waals surface area contributed by atoms with Crippen molar-refractivity contribution in [2.75, 3.05) is 0 Å². The Labute approximate surface area is 118 Å². The molecule has 2 aromatic rings. The third kappa shape index (κ3) is 3.21. The topological polar surface area (TPSA) is 30.7 Å². The van der Waals surface area contributed by atoms with Crippen molar-refractivity contribution in [1.29, 1.82) is 0 Å². The zero-order valence-electron chi connectivity index (χ0n) is 9.07. The average Bonchev–Trinajstić information content (AvgIpc) is 2.72. The van der Waals surface area contributed by atoms with E-state index in [1.54, 1.807) is 10.7 Å². The zero-order valence-corrected chi connectivity index (χ0v) is 12.2. The summed E-state index contributed by atoms with van der Waals surface area (Å²) in [6, 6.07) is 5.54. The van der Waals surface area contributed by atoms with Gasteiger partial charge < -0.3 is 0 Å². The summed E-state index contributed by atoms with van der Waals surface area (Å²) in [6.07, 6.45) is 1.90. The Morgan fingerprint density at radius 1 is 1.35 bits per heavy atom. The first-order chi connectivity index (χ1) is 8.06. The van der Waals surface area contributed by atoms with Gasteiger partial charge in [-0.15, -0.1) is 5.10 Å². The van der Waals surface area contributed by atoms with Crippen LogP contribution in [-0.2, 0) is 6.54 Å². The summed E-state index contributed by atoms with van der Waals surface area (Å²) in [5.41, 5.74) is 1.95. The summed E-state index contributed by atoms with van der Waals surface area (Å²) in [6.45, 7) is 2.64. The molecule has 1 heterocycles. The van der Waals surface area contributed by atoms with Crippen molar-refractivity contribution in [3.63, 3.8) is 0 Å². The van der Waals surface area contributed by atoms with E-state index in [9.17, 15) is 0 Å². The molecule has 1 atom stereocenters. The fourth-order valence-corrected chi connectivity index (χ4v) is 1.93. The SMILES string of the molecule is CC(Br)c1cn(Cc2ccc(Cl)c(Cl)c2)nn1. The van der Waals surface area contributed by atoms with Crippen LogP contribution in [0.25, 0.3) is 0 Å². The second-order valence-corrected chi connectivity index (χ2v) is 5.89. The first kappa shape index (κ1) is 12.9. The molecule has 1 aromatic heterocycles. The molecular formula is C11H10BrCl2N3. The molecule has 17 heavy (non-hydrogen) atoms. The molecule has 0 saturated carbocycles. The van der Waals surface area contributed by atoms with E-state index < -0.39 is 0 Å². The van der Waals surface area contributed by atoms with Gasteiger partial charge in [-0.05, 0) is 24.6 Å². The standard InChI is InChI=1S/C11H10BrCl2N3/c1-7(12)11-6-17(16-15-11)5-8-2-3-9(13)10(14)4-8/h2-4,6-7H,5H2,1H3. The van der Waals surface area contributed by atoms with Gasteiger partial charge in [0.15, 0.2) is 0 Å². The van der Waals surface area contributed by atoms with E-state index in [0.29, 0.717) is 16.6 Å². The third-order valence-corrected chi connectivity index (χ3v) is 3.50. The summed E-state index contributed by atoms with van der Waals surface area (Å²) in [5, 5.41) is 9.22. The molecule has 0 spiro atoms. The molecule has 0 N–H and O–H groups in total. The van der Waals surface area contributed by atoms with Gasteiger partial charge in [0.25, 0.3) is 0 Å². The molecule has 90 valence electrons. The Morgan fingerprint density at radius 2 is 2.12 bits per heavy atom. The molecule has 6 heteroatoms. The lowest BCUT2D eigenvalue weighted by molar-refractivity contribution is 0.649. The number of hydrogen-bond acceptors (Lipinski definition) is 2. The summed E-state index contributed by atoms with van der Waals surface area (Å²) >= 11 is 15.3. The van der Waals surface area contributed by atoms with Crippen molar-refractivity contribution >= 4 is 39.1 Å². The van der Waals surface area contributed by atoms with Crippen LogP contribution in [0.15, 0.2) is 24.4 Å². The number of nitrogens with zero attached hydrogens (tertiary/aromatic N) is 3. The molecule has 1 unspecified atom stereocenters. The van der Waals surface area contributed by atoms with Gasteiger partial charge >= 0.3 is 0 Å². The number of rotatable bonds is 3. The van der Waals surface area contributed by atoms with Crippen molar-refractivity contribution in [3.8, 4) is 0 Å². The fraction of sp³-hybridized carbons (Fsp3) is 0.273. The van der Waals surface area contributed by atoms with Crippen LogP contribution in [0.4, 0.5) is 0 Å². The Hall–Kier alpha value is -0.580. The van der Waals surface area contributed by atoms with E-state index >= 15 is 0 Å². The van der Waals surface area contributed by atoms with Gasteiger partial charge in [0.05, 0.1) is 27.1 Å². The van der Waals surface area contributed by atoms with Gasteiger partial charge in [-0.3, -0.25) is 0 Å². The van der Waals surface area contributed by atoms with Crippen LogP contribution in [0, 0.1) is 0 Å². The molecule has 0 radical (unpaired) electrons. The maximum atomic E-state index is 5.95. The highest BCUT2D eigenvalue weighted by Crippen LogP contribution is 2.23. The van der Waals surface area contributed by atoms with Gasteiger partial charge in [0, 0.05) is 6.20 Å². The largest absolute Gasteiger partial charge is 0.248 e. The zero-order chi connectivity index (χ0) is 12.4. The Bertz CT molecular complexity index is 525. The number of aromatic nitrogens is 3. The molecule has 0 bridgehead atoms. The van der Waals surface area contributed by atoms with Gasteiger partial charge in [-0.25, -0.2) is 4.68 Å². The Morgan fingerprint density at radius 3 is 2.71 bits per heavy atom. The summed E-state index contributed by atoms with van der Waals surface area (Å²) < 4.78 is 1.77. The summed E-state index contributed by atoms with van der Waals surface area (Å²) in [5.74, 6) is 0. The van der Waals surface area contributed by atoms with E-state index in [4.69, 9.17) is 23.2 Å². The first-order valence-electron chi connectivity index (χ1n) is 5.04.